The maximum absolute atomic E-state index is 11.4. The van der Waals surface area contributed by atoms with E-state index in [0.29, 0.717) is 6.04 Å². The van der Waals surface area contributed by atoms with Crippen molar-refractivity contribution in [3.05, 3.63) is 12.7 Å². The van der Waals surface area contributed by atoms with Gasteiger partial charge in [0.15, 0.2) is 0 Å². The fourth-order valence-electron chi connectivity index (χ4n) is 1.77. The molecule has 1 amide bonds. The summed E-state index contributed by atoms with van der Waals surface area (Å²) in [6, 6.07) is 0.365. The average molecular weight is 182 g/mol. The van der Waals surface area contributed by atoms with Crippen molar-refractivity contribution in [2.24, 2.45) is 0 Å². The summed E-state index contributed by atoms with van der Waals surface area (Å²) in [5, 5.41) is 0. The molecule has 3 nitrogen and oxygen atoms in total. The normalized spacial score (nSPS) is 24.5. The van der Waals surface area contributed by atoms with Crippen molar-refractivity contribution in [2.75, 3.05) is 26.7 Å². The van der Waals surface area contributed by atoms with Crippen LogP contribution in [-0.2, 0) is 4.79 Å². The van der Waals surface area contributed by atoms with Gasteiger partial charge in [-0.05, 0) is 19.5 Å². The second-order valence-corrected chi connectivity index (χ2v) is 3.56. The van der Waals surface area contributed by atoms with Crippen molar-refractivity contribution in [2.45, 2.75) is 19.4 Å². The lowest BCUT2D eigenvalue weighted by Gasteiger charge is -2.39. The second kappa shape index (κ2) is 4.42. The van der Waals surface area contributed by atoms with E-state index in [1.807, 2.05) is 4.90 Å². The van der Waals surface area contributed by atoms with E-state index in [0.717, 1.165) is 26.1 Å². The lowest BCUT2D eigenvalue weighted by atomic mass is 10.1. The molecule has 0 aromatic carbocycles. The first kappa shape index (κ1) is 10.3. The molecule has 1 fully saturated rings. The van der Waals surface area contributed by atoms with Gasteiger partial charge in [-0.1, -0.05) is 13.5 Å². The smallest absolute Gasteiger partial charge is 0.246 e. The number of carbonyl (C=O) groups excluding carboxylic acids is 1. The van der Waals surface area contributed by atoms with Gasteiger partial charge in [-0.2, -0.15) is 0 Å². The van der Waals surface area contributed by atoms with Crippen molar-refractivity contribution in [1.82, 2.24) is 9.80 Å². The van der Waals surface area contributed by atoms with E-state index in [2.05, 4.69) is 25.5 Å². The molecule has 13 heavy (non-hydrogen) atoms. The van der Waals surface area contributed by atoms with Gasteiger partial charge in [0.1, 0.15) is 0 Å². The molecule has 1 saturated heterocycles. The zero-order valence-electron chi connectivity index (χ0n) is 8.49. The van der Waals surface area contributed by atoms with Gasteiger partial charge in [0, 0.05) is 25.7 Å². The minimum Gasteiger partial charge on any atom is -0.334 e. The minimum absolute atomic E-state index is 0.0694. The topological polar surface area (TPSA) is 23.6 Å². The Kier molecular flexibility index (Phi) is 3.48. The standard InChI is InChI=1S/C10H18N2O/c1-4-9-8-11(3)6-7-12(9)10(13)5-2/h5,9H,2,4,6-8H2,1,3H3. The summed E-state index contributed by atoms with van der Waals surface area (Å²) >= 11 is 0. The fourth-order valence-corrected chi connectivity index (χ4v) is 1.77. The van der Waals surface area contributed by atoms with Crippen LogP contribution in [0.25, 0.3) is 0 Å². The van der Waals surface area contributed by atoms with Gasteiger partial charge in [-0.25, -0.2) is 0 Å². The maximum Gasteiger partial charge on any atom is 0.246 e. The number of likely N-dealkylation sites (N-methyl/N-ethyl adjacent to an activating group) is 1. The molecule has 0 saturated carbocycles. The number of carbonyl (C=O) groups is 1. The van der Waals surface area contributed by atoms with E-state index in [9.17, 15) is 4.79 Å². The molecular formula is C10H18N2O. The molecule has 1 atom stereocenters. The SMILES string of the molecule is C=CC(=O)N1CCN(C)CC1CC. The molecule has 0 radical (unpaired) electrons. The van der Waals surface area contributed by atoms with Gasteiger partial charge >= 0.3 is 0 Å². The van der Waals surface area contributed by atoms with E-state index < -0.39 is 0 Å². The van der Waals surface area contributed by atoms with E-state index >= 15 is 0 Å². The summed E-state index contributed by atoms with van der Waals surface area (Å²) in [4.78, 5) is 15.6. The van der Waals surface area contributed by atoms with Crippen LogP contribution in [0.3, 0.4) is 0 Å². The van der Waals surface area contributed by atoms with E-state index in [4.69, 9.17) is 0 Å². The van der Waals surface area contributed by atoms with Crippen molar-refractivity contribution >= 4 is 5.91 Å². The molecule has 74 valence electrons. The Balaban J connectivity index is 2.62. The van der Waals surface area contributed by atoms with Gasteiger partial charge in [0.25, 0.3) is 0 Å². The number of rotatable bonds is 2. The lowest BCUT2D eigenvalue weighted by Crippen LogP contribution is -2.53. The summed E-state index contributed by atoms with van der Waals surface area (Å²) in [6.07, 6.45) is 2.43. The molecule has 0 bridgehead atoms. The number of nitrogens with zero attached hydrogens (tertiary/aromatic N) is 2. The second-order valence-electron chi connectivity index (χ2n) is 3.56. The molecule has 1 heterocycles. The molecule has 0 aliphatic carbocycles. The molecule has 0 spiro atoms. The Hall–Kier alpha value is -0.830. The van der Waals surface area contributed by atoms with Crippen molar-refractivity contribution in [3.8, 4) is 0 Å². The first-order valence-corrected chi connectivity index (χ1v) is 4.80. The van der Waals surface area contributed by atoms with Crippen molar-refractivity contribution in [3.63, 3.8) is 0 Å². The Morgan fingerprint density at radius 2 is 2.31 bits per heavy atom. The highest BCUT2D eigenvalue weighted by atomic mass is 16.2. The predicted octanol–water partition coefficient (Wildman–Crippen LogP) is 0.725. The summed E-state index contributed by atoms with van der Waals surface area (Å²) < 4.78 is 0. The van der Waals surface area contributed by atoms with Gasteiger partial charge < -0.3 is 9.80 Å². The van der Waals surface area contributed by atoms with E-state index in [-0.39, 0.29) is 5.91 Å². The molecule has 1 aliphatic rings. The summed E-state index contributed by atoms with van der Waals surface area (Å²) in [7, 11) is 2.10. The predicted molar refractivity (Wildman–Crippen MR) is 53.5 cm³/mol. The van der Waals surface area contributed by atoms with Gasteiger partial charge in [-0.3, -0.25) is 4.79 Å². The maximum atomic E-state index is 11.4. The zero-order chi connectivity index (χ0) is 9.84. The first-order chi connectivity index (χ1) is 6.19. The molecule has 0 aromatic rings. The number of hydrogen-bond donors (Lipinski definition) is 0. The Labute approximate surface area is 80.0 Å². The van der Waals surface area contributed by atoms with E-state index in [1.165, 1.54) is 6.08 Å². The molecule has 1 aliphatic heterocycles. The Bertz CT molecular complexity index is 203. The fraction of sp³-hybridized carbons (Fsp3) is 0.700. The van der Waals surface area contributed by atoms with Crippen LogP contribution in [0.2, 0.25) is 0 Å². The molecule has 3 heteroatoms. The van der Waals surface area contributed by atoms with Gasteiger partial charge in [0.05, 0.1) is 0 Å². The third-order valence-electron chi connectivity index (χ3n) is 2.61. The summed E-state index contributed by atoms with van der Waals surface area (Å²) in [5.41, 5.74) is 0. The van der Waals surface area contributed by atoms with Crippen LogP contribution in [0.15, 0.2) is 12.7 Å². The van der Waals surface area contributed by atoms with Crippen LogP contribution in [0.5, 0.6) is 0 Å². The largest absolute Gasteiger partial charge is 0.334 e. The van der Waals surface area contributed by atoms with Crippen LogP contribution in [0.4, 0.5) is 0 Å². The lowest BCUT2D eigenvalue weighted by molar-refractivity contribution is -0.130. The molecule has 0 N–H and O–H groups in total. The van der Waals surface area contributed by atoms with Crippen LogP contribution in [0, 0.1) is 0 Å². The van der Waals surface area contributed by atoms with Crippen LogP contribution in [-0.4, -0.2) is 48.4 Å². The molecular weight excluding hydrogens is 164 g/mol. The molecule has 0 aromatic heterocycles. The third kappa shape index (κ3) is 2.31. The highest BCUT2D eigenvalue weighted by Crippen LogP contribution is 2.11. The Morgan fingerprint density at radius 1 is 1.62 bits per heavy atom. The highest BCUT2D eigenvalue weighted by molar-refractivity contribution is 5.87. The zero-order valence-corrected chi connectivity index (χ0v) is 8.49. The van der Waals surface area contributed by atoms with Crippen molar-refractivity contribution < 1.29 is 4.79 Å². The van der Waals surface area contributed by atoms with Crippen LogP contribution >= 0.6 is 0 Å². The van der Waals surface area contributed by atoms with Crippen molar-refractivity contribution in [1.29, 1.82) is 0 Å². The first-order valence-electron chi connectivity index (χ1n) is 4.80. The number of piperazine rings is 1. The number of amides is 1. The number of hydrogen-bond acceptors (Lipinski definition) is 2. The highest BCUT2D eigenvalue weighted by Gasteiger charge is 2.25. The molecule has 1 unspecified atom stereocenters. The van der Waals surface area contributed by atoms with Crippen LogP contribution in [0.1, 0.15) is 13.3 Å². The quantitative estimate of drug-likeness (QED) is 0.588. The van der Waals surface area contributed by atoms with E-state index in [1.54, 1.807) is 0 Å². The Morgan fingerprint density at radius 3 is 2.85 bits per heavy atom. The van der Waals surface area contributed by atoms with Gasteiger partial charge in [-0.15, -0.1) is 0 Å². The monoisotopic (exact) mass is 182 g/mol. The molecule has 1 rings (SSSR count). The summed E-state index contributed by atoms with van der Waals surface area (Å²) in [5.74, 6) is 0.0694. The minimum atomic E-state index is 0.0694. The van der Waals surface area contributed by atoms with Gasteiger partial charge in [0.2, 0.25) is 5.91 Å². The third-order valence-corrected chi connectivity index (χ3v) is 2.61. The summed E-state index contributed by atoms with van der Waals surface area (Å²) in [6.45, 7) is 8.42. The average Bonchev–Trinajstić information content (AvgIpc) is 2.16. The van der Waals surface area contributed by atoms with Crippen LogP contribution < -0.4 is 0 Å².